The molecular weight excluding hydrogens is 212 g/mol. The standard InChI is InChI=1S/C14H20N2O/c1-17-13-4-5-14(16-9-13)15-8-12-7-10-2-3-11(12)6-10/h4-5,9-12H,2-3,6-8H2,1H3,(H,15,16). The van der Waals surface area contributed by atoms with E-state index in [1.165, 1.54) is 25.7 Å². The summed E-state index contributed by atoms with van der Waals surface area (Å²) in [5.41, 5.74) is 0. The average Bonchev–Trinajstić information content (AvgIpc) is 2.99. The molecule has 3 unspecified atom stereocenters. The van der Waals surface area contributed by atoms with E-state index < -0.39 is 0 Å². The predicted octanol–water partition coefficient (Wildman–Crippen LogP) is 2.94. The summed E-state index contributed by atoms with van der Waals surface area (Å²) < 4.78 is 5.10. The number of pyridine rings is 1. The second-order valence-corrected chi connectivity index (χ2v) is 5.40. The summed E-state index contributed by atoms with van der Waals surface area (Å²) in [6.07, 6.45) is 7.59. The third kappa shape index (κ3) is 2.24. The van der Waals surface area contributed by atoms with E-state index in [-0.39, 0.29) is 0 Å². The summed E-state index contributed by atoms with van der Waals surface area (Å²) in [6.45, 7) is 1.08. The molecule has 0 radical (unpaired) electrons. The summed E-state index contributed by atoms with van der Waals surface area (Å²) in [7, 11) is 1.67. The van der Waals surface area contributed by atoms with Gasteiger partial charge in [0.2, 0.25) is 0 Å². The fourth-order valence-corrected chi connectivity index (χ4v) is 3.47. The minimum absolute atomic E-state index is 0.815. The Morgan fingerprint density at radius 3 is 2.88 bits per heavy atom. The molecule has 17 heavy (non-hydrogen) atoms. The van der Waals surface area contributed by atoms with Crippen LogP contribution in [0.1, 0.15) is 25.7 Å². The molecule has 0 amide bonds. The molecule has 1 heterocycles. The number of ether oxygens (including phenoxy) is 1. The predicted molar refractivity (Wildman–Crippen MR) is 68.2 cm³/mol. The van der Waals surface area contributed by atoms with E-state index >= 15 is 0 Å². The zero-order valence-corrected chi connectivity index (χ0v) is 10.4. The molecule has 3 rings (SSSR count). The molecule has 3 atom stereocenters. The van der Waals surface area contributed by atoms with Crippen molar-refractivity contribution in [2.75, 3.05) is 19.0 Å². The summed E-state index contributed by atoms with van der Waals surface area (Å²) >= 11 is 0. The Morgan fingerprint density at radius 2 is 2.29 bits per heavy atom. The summed E-state index contributed by atoms with van der Waals surface area (Å²) in [5.74, 6) is 4.66. The molecule has 1 aromatic rings. The molecule has 1 aromatic heterocycles. The number of fused-ring (bicyclic) bond motifs is 2. The van der Waals surface area contributed by atoms with Crippen LogP contribution < -0.4 is 10.1 Å². The SMILES string of the molecule is COc1ccc(NCC2CC3CCC2C3)nc1. The smallest absolute Gasteiger partial charge is 0.137 e. The van der Waals surface area contributed by atoms with Gasteiger partial charge in [0.15, 0.2) is 0 Å². The molecule has 3 nitrogen and oxygen atoms in total. The highest BCUT2D eigenvalue weighted by molar-refractivity contribution is 5.37. The number of methoxy groups -OCH3 is 1. The van der Waals surface area contributed by atoms with Gasteiger partial charge in [-0.15, -0.1) is 0 Å². The molecule has 2 bridgehead atoms. The number of rotatable bonds is 4. The van der Waals surface area contributed by atoms with Gasteiger partial charge < -0.3 is 10.1 Å². The highest BCUT2D eigenvalue weighted by Gasteiger charge is 2.38. The van der Waals surface area contributed by atoms with Crippen molar-refractivity contribution in [1.29, 1.82) is 0 Å². The van der Waals surface area contributed by atoms with Crippen LogP contribution in [0.5, 0.6) is 5.75 Å². The normalized spacial score (nSPS) is 30.5. The molecule has 0 saturated heterocycles. The number of nitrogens with one attached hydrogen (secondary N) is 1. The van der Waals surface area contributed by atoms with Crippen LogP contribution in [0.4, 0.5) is 5.82 Å². The first-order valence-electron chi connectivity index (χ1n) is 6.59. The Morgan fingerprint density at radius 1 is 1.35 bits per heavy atom. The molecule has 0 aromatic carbocycles. The first kappa shape index (κ1) is 10.9. The lowest BCUT2D eigenvalue weighted by Crippen LogP contribution is -2.20. The van der Waals surface area contributed by atoms with Crippen molar-refractivity contribution >= 4 is 5.82 Å². The Bertz CT molecular complexity index is 376. The van der Waals surface area contributed by atoms with Crippen LogP contribution in [0.25, 0.3) is 0 Å². The molecule has 92 valence electrons. The lowest BCUT2D eigenvalue weighted by atomic mass is 9.89. The van der Waals surface area contributed by atoms with Crippen molar-refractivity contribution < 1.29 is 4.74 Å². The largest absolute Gasteiger partial charge is 0.495 e. The van der Waals surface area contributed by atoms with Gasteiger partial charge in [-0.25, -0.2) is 4.98 Å². The van der Waals surface area contributed by atoms with E-state index in [0.717, 1.165) is 35.9 Å². The molecule has 2 saturated carbocycles. The van der Waals surface area contributed by atoms with Gasteiger partial charge >= 0.3 is 0 Å². The Kier molecular flexibility index (Phi) is 2.91. The van der Waals surface area contributed by atoms with E-state index in [4.69, 9.17) is 4.74 Å². The highest BCUT2D eigenvalue weighted by atomic mass is 16.5. The number of nitrogens with zero attached hydrogens (tertiary/aromatic N) is 1. The third-order valence-corrected chi connectivity index (χ3v) is 4.40. The summed E-state index contributed by atoms with van der Waals surface area (Å²) in [4.78, 5) is 4.34. The summed E-state index contributed by atoms with van der Waals surface area (Å²) in [5, 5.41) is 3.46. The van der Waals surface area contributed by atoms with Crippen LogP contribution in [0.15, 0.2) is 18.3 Å². The fraction of sp³-hybridized carbons (Fsp3) is 0.643. The number of aromatic nitrogens is 1. The topological polar surface area (TPSA) is 34.1 Å². The Balaban J connectivity index is 1.53. The molecular formula is C14H20N2O. The van der Waals surface area contributed by atoms with Crippen molar-refractivity contribution in [2.45, 2.75) is 25.7 Å². The first-order chi connectivity index (χ1) is 8.35. The maximum absolute atomic E-state index is 5.10. The highest BCUT2D eigenvalue weighted by Crippen LogP contribution is 2.48. The van der Waals surface area contributed by atoms with Crippen LogP contribution in [-0.2, 0) is 0 Å². The van der Waals surface area contributed by atoms with Crippen molar-refractivity contribution in [2.24, 2.45) is 17.8 Å². The number of hydrogen-bond acceptors (Lipinski definition) is 3. The van der Waals surface area contributed by atoms with Crippen molar-refractivity contribution in [3.05, 3.63) is 18.3 Å². The third-order valence-electron chi connectivity index (χ3n) is 4.40. The quantitative estimate of drug-likeness (QED) is 0.866. The van der Waals surface area contributed by atoms with Crippen LogP contribution in [0.2, 0.25) is 0 Å². The van der Waals surface area contributed by atoms with Crippen molar-refractivity contribution in [3.8, 4) is 5.75 Å². The minimum atomic E-state index is 0.815. The molecule has 0 aliphatic heterocycles. The van der Waals surface area contributed by atoms with Crippen LogP contribution in [0, 0.1) is 17.8 Å². The van der Waals surface area contributed by atoms with Crippen LogP contribution in [-0.4, -0.2) is 18.6 Å². The first-order valence-corrected chi connectivity index (χ1v) is 6.59. The molecule has 2 aliphatic rings. The van der Waals surface area contributed by atoms with Crippen molar-refractivity contribution in [3.63, 3.8) is 0 Å². The van der Waals surface area contributed by atoms with E-state index in [0.29, 0.717) is 0 Å². The maximum atomic E-state index is 5.10. The maximum Gasteiger partial charge on any atom is 0.137 e. The van der Waals surface area contributed by atoms with E-state index in [1.807, 2.05) is 12.1 Å². The molecule has 1 N–H and O–H groups in total. The minimum Gasteiger partial charge on any atom is -0.495 e. The van der Waals surface area contributed by atoms with E-state index in [9.17, 15) is 0 Å². The van der Waals surface area contributed by atoms with Gasteiger partial charge in [0.1, 0.15) is 11.6 Å². The second-order valence-electron chi connectivity index (χ2n) is 5.40. The Hall–Kier alpha value is -1.25. The van der Waals surface area contributed by atoms with Gasteiger partial charge in [-0.1, -0.05) is 6.42 Å². The van der Waals surface area contributed by atoms with Gasteiger partial charge in [0.05, 0.1) is 13.3 Å². The fourth-order valence-electron chi connectivity index (χ4n) is 3.47. The number of anilines is 1. The second kappa shape index (κ2) is 4.55. The van der Waals surface area contributed by atoms with E-state index in [1.54, 1.807) is 13.3 Å². The summed E-state index contributed by atoms with van der Waals surface area (Å²) in [6, 6.07) is 3.95. The zero-order chi connectivity index (χ0) is 11.7. The molecule has 2 fully saturated rings. The van der Waals surface area contributed by atoms with Gasteiger partial charge in [0, 0.05) is 6.54 Å². The van der Waals surface area contributed by atoms with Gasteiger partial charge in [0.25, 0.3) is 0 Å². The van der Waals surface area contributed by atoms with Gasteiger partial charge in [-0.3, -0.25) is 0 Å². The van der Waals surface area contributed by atoms with Crippen LogP contribution in [0.3, 0.4) is 0 Å². The molecule has 0 spiro atoms. The van der Waals surface area contributed by atoms with E-state index in [2.05, 4.69) is 10.3 Å². The van der Waals surface area contributed by atoms with Gasteiger partial charge in [-0.2, -0.15) is 0 Å². The van der Waals surface area contributed by atoms with Crippen molar-refractivity contribution in [1.82, 2.24) is 4.98 Å². The average molecular weight is 232 g/mol. The number of hydrogen-bond donors (Lipinski definition) is 1. The van der Waals surface area contributed by atoms with Gasteiger partial charge in [-0.05, 0) is 49.1 Å². The Labute approximate surface area is 103 Å². The zero-order valence-electron chi connectivity index (χ0n) is 10.4. The van der Waals surface area contributed by atoms with Crippen LogP contribution >= 0.6 is 0 Å². The lowest BCUT2D eigenvalue weighted by molar-refractivity contribution is 0.348. The molecule has 3 heteroatoms. The molecule has 2 aliphatic carbocycles. The lowest BCUT2D eigenvalue weighted by Gasteiger charge is -2.22. The monoisotopic (exact) mass is 232 g/mol.